The molecule has 1 aliphatic rings. The van der Waals surface area contributed by atoms with Crippen LogP contribution in [0, 0.1) is 0 Å². The summed E-state index contributed by atoms with van der Waals surface area (Å²) in [7, 11) is 4.91. The van der Waals surface area contributed by atoms with Gasteiger partial charge in [0.1, 0.15) is 0 Å². The van der Waals surface area contributed by atoms with Crippen LogP contribution in [0.25, 0.3) is 0 Å². The number of hydrogen-bond donors (Lipinski definition) is 0. The Hall–Kier alpha value is -0.280. The van der Waals surface area contributed by atoms with Crippen molar-refractivity contribution in [3.63, 3.8) is 0 Å². The molecule has 1 heterocycles. The van der Waals surface area contributed by atoms with E-state index in [9.17, 15) is 4.79 Å². The molecular weight excluding hydrogens is 413 g/mol. The van der Waals surface area contributed by atoms with E-state index in [2.05, 4.69) is 33.2 Å². The molecule has 0 bridgehead atoms. The second-order valence-electron chi connectivity index (χ2n) is 5.22. The van der Waals surface area contributed by atoms with Crippen molar-refractivity contribution in [3.05, 3.63) is 17.0 Å². The minimum absolute atomic E-state index is 0.0149. The van der Waals surface area contributed by atoms with Crippen LogP contribution in [0.15, 0.2) is 0 Å². The van der Waals surface area contributed by atoms with Crippen molar-refractivity contribution in [1.29, 1.82) is 0 Å². The number of aromatic nitrogens is 2. The summed E-state index contributed by atoms with van der Waals surface area (Å²) in [6.45, 7) is 7.00. The van der Waals surface area contributed by atoms with Gasteiger partial charge in [0.2, 0.25) is 0 Å². The average molecular weight is 439 g/mol. The van der Waals surface area contributed by atoms with Gasteiger partial charge in [-0.05, 0) is 19.3 Å². The number of hydrogen-bond acceptors (Lipinski definition) is 4. The summed E-state index contributed by atoms with van der Waals surface area (Å²) in [5, 5.41) is 4.56. The van der Waals surface area contributed by atoms with Crippen molar-refractivity contribution in [2.24, 2.45) is 0 Å². The molecule has 126 valence electrons. The van der Waals surface area contributed by atoms with Crippen molar-refractivity contribution in [3.8, 4) is 0 Å². The van der Waals surface area contributed by atoms with Gasteiger partial charge in [-0.1, -0.05) is 20.8 Å². The Morgan fingerprint density at radius 3 is 2.73 bits per heavy atom. The Bertz CT molecular complexity index is 491. The van der Waals surface area contributed by atoms with E-state index in [1.54, 1.807) is 19.0 Å². The lowest BCUT2D eigenvalue weighted by molar-refractivity contribution is 0.0819. The topological polar surface area (TPSA) is 47.4 Å². The highest BCUT2D eigenvalue weighted by molar-refractivity contribution is 14.2. The number of carbonyl (C=O) groups excluding carboxylic acids is 1. The summed E-state index contributed by atoms with van der Waals surface area (Å²) in [4.78, 5) is 13.9. The normalized spacial score (nSPS) is 16.5. The predicted octanol–water partition coefficient (Wildman–Crippen LogP) is 3.89. The minimum atomic E-state index is -0.0149. The van der Waals surface area contributed by atoms with Crippen LogP contribution in [0.2, 0.25) is 0 Å². The molecule has 22 heavy (non-hydrogen) atoms. The molecule has 1 unspecified atom stereocenters. The van der Waals surface area contributed by atoms with Crippen LogP contribution >= 0.6 is 30.4 Å². The Labute approximate surface area is 149 Å². The molecule has 0 aliphatic heterocycles. The number of rotatable bonds is 5. The SMILES string of the molecule is CC.CCCn1nc(C(=O)N(C)C)c2c1CCC(OSI)C2. The molecule has 1 aromatic heterocycles. The van der Waals surface area contributed by atoms with Crippen LogP contribution in [-0.4, -0.2) is 40.8 Å². The minimum Gasteiger partial charge on any atom is -0.343 e. The van der Waals surface area contributed by atoms with Crippen LogP contribution in [0.3, 0.4) is 0 Å². The highest BCUT2D eigenvalue weighted by Gasteiger charge is 2.30. The van der Waals surface area contributed by atoms with Gasteiger partial charge in [0.25, 0.3) is 5.91 Å². The van der Waals surface area contributed by atoms with Gasteiger partial charge in [0.15, 0.2) is 5.69 Å². The first-order chi connectivity index (χ1) is 10.6. The smallest absolute Gasteiger partial charge is 0.274 e. The molecule has 5 nitrogen and oxygen atoms in total. The van der Waals surface area contributed by atoms with Crippen LogP contribution in [0.4, 0.5) is 0 Å². The monoisotopic (exact) mass is 439 g/mol. The third kappa shape index (κ3) is 4.61. The summed E-state index contributed by atoms with van der Waals surface area (Å²) < 4.78 is 7.66. The fourth-order valence-electron chi connectivity index (χ4n) is 2.57. The second kappa shape index (κ2) is 9.77. The summed E-state index contributed by atoms with van der Waals surface area (Å²) in [5.74, 6) is -0.0149. The zero-order chi connectivity index (χ0) is 16.7. The number of carbonyl (C=O) groups is 1. The summed E-state index contributed by atoms with van der Waals surface area (Å²) >= 11 is 2.14. The highest BCUT2D eigenvalue weighted by atomic mass is 127. The van der Waals surface area contributed by atoms with Gasteiger partial charge in [0, 0.05) is 59.5 Å². The lowest BCUT2D eigenvalue weighted by Crippen LogP contribution is -2.26. The Morgan fingerprint density at radius 2 is 2.18 bits per heavy atom. The first-order valence-corrected chi connectivity index (χ1v) is 11.1. The molecule has 2 rings (SSSR count). The van der Waals surface area contributed by atoms with Gasteiger partial charge in [0.05, 0.1) is 15.3 Å². The zero-order valence-corrected chi connectivity index (χ0v) is 17.0. The van der Waals surface area contributed by atoms with Crippen LogP contribution in [0.5, 0.6) is 0 Å². The van der Waals surface area contributed by atoms with Crippen LogP contribution in [0.1, 0.15) is 55.4 Å². The Kier molecular flexibility index (Phi) is 8.78. The van der Waals surface area contributed by atoms with E-state index in [1.165, 1.54) is 14.9 Å². The molecule has 1 atom stereocenters. The molecule has 0 saturated carbocycles. The fraction of sp³-hybridized carbons (Fsp3) is 0.733. The fourth-order valence-corrected chi connectivity index (χ4v) is 3.72. The molecular formula is C15H26IN3O2S. The van der Waals surface area contributed by atoms with Crippen LogP contribution < -0.4 is 0 Å². The lowest BCUT2D eigenvalue weighted by Gasteiger charge is -2.22. The quantitative estimate of drug-likeness (QED) is 0.516. The molecule has 7 heteroatoms. The molecule has 1 amide bonds. The third-order valence-electron chi connectivity index (χ3n) is 3.52. The molecule has 1 aliphatic carbocycles. The van der Waals surface area contributed by atoms with Crippen molar-refractivity contribution in [1.82, 2.24) is 14.7 Å². The Morgan fingerprint density at radius 1 is 1.50 bits per heavy atom. The number of aryl methyl sites for hydroxylation is 1. The predicted molar refractivity (Wildman–Crippen MR) is 100 cm³/mol. The first-order valence-electron chi connectivity index (χ1n) is 7.82. The van der Waals surface area contributed by atoms with Gasteiger partial charge in [-0.2, -0.15) is 5.10 Å². The van der Waals surface area contributed by atoms with E-state index in [-0.39, 0.29) is 12.0 Å². The largest absolute Gasteiger partial charge is 0.343 e. The van der Waals surface area contributed by atoms with Gasteiger partial charge < -0.3 is 9.08 Å². The first kappa shape index (κ1) is 19.8. The van der Waals surface area contributed by atoms with E-state index < -0.39 is 0 Å². The molecule has 1 aromatic rings. The van der Waals surface area contributed by atoms with E-state index in [0.29, 0.717) is 5.69 Å². The number of nitrogens with zero attached hydrogens (tertiary/aromatic N) is 3. The standard InChI is InChI=1S/C13H20IN3O2S.C2H6/c1-4-7-17-11-6-5-9(19-20-14)8-10(11)12(15-17)13(18)16(2)3;1-2/h9H,4-8H2,1-3H3;1-2H3. The number of halogens is 1. The maximum Gasteiger partial charge on any atom is 0.274 e. The van der Waals surface area contributed by atoms with E-state index in [4.69, 9.17) is 4.18 Å². The van der Waals surface area contributed by atoms with Crippen molar-refractivity contribution in [2.45, 2.75) is 59.1 Å². The molecule has 0 saturated heterocycles. The van der Waals surface area contributed by atoms with Gasteiger partial charge >= 0.3 is 0 Å². The highest BCUT2D eigenvalue weighted by Crippen LogP contribution is 2.30. The lowest BCUT2D eigenvalue weighted by atomic mass is 9.93. The van der Waals surface area contributed by atoms with Crippen molar-refractivity contribution in [2.75, 3.05) is 14.1 Å². The molecule has 0 radical (unpaired) electrons. The van der Waals surface area contributed by atoms with E-state index >= 15 is 0 Å². The number of fused-ring (bicyclic) bond motifs is 1. The van der Waals surface area contributed by atoms with Gasteiger partial charge in [-0.15, -0.1) is 0 Å². The maximum absolute atomic E-state index is 12.3. The number of amides is 1. The average Bonchev–Trinajstić information content (AvgIpc) is 2.87. The van der Waals surface area contributed by atoms with Gasteiger partial charge in [-0.3, -0.25) is 9.48 Å². The maximum atomic E-state index is 12.3. The molecule has 0 aromatic carbocycles. The molecule has 0 fully saturated rings. The van der Waals surface area contributed by atoms with E-state index in [0.717, 1.165) is 37.8 Å². The summed E-state index contributed by atoms with van der Waals surface area (Å²) in [5.41, 5.74) is 2.90. The Balaban J connectivity index is 0.00000116. The molecule has 0 N–H and O–H groups in total. The van der Waals surface area contributed by atoms with Gasteiger partial charge in [-0.25, -0.2) is 0 Å². The summed E-state index contributed by atoms with van der Waals surface area (Å²) in [6, 6.07) is 0. The van der Waals surface area contributed by atoms with E-state index in [1.807, 2.05) is 18.5 Å². The summed E-state index contributed by atoms with van der Waals surface area (Å²) in [6.07, 6.45) is 3.91. The van der Waals surface area contributed by atoms with Crippen molar-refractivity contribution < 1.29 is 8.98 Å². The second-order valence-corrected chi connectivity index (χ2v) is 6.62. The molecule has 0 spiro atoms. The third-order valence-corrected chi connectivity index (χ3v) is 4.49. The van der Waals surface area contributed by atoms with Crippen LogP contribution in [-0.2, 0) is 23.6 Å². The zero-order valence-electron chi connectivity index (χ0n) is 14.1. The van der Waals surface area contributed by atoms with Crippen molar-refractivity contribution >= 4 is 36.3 Å².